The van der Waals surface area contributed by atoms with Crippen molar-refractivity contribution in [3.8, 4) is 5.75 Å². The molecule has 1 aromatic carbocycles. The van der Waals surface area contributed by atoms with Gasteiger partial charge in [-0.25, -0.2) is 4.79 Å². The van der Waals surface area contributed by atoms with Gasteiger partial charge in [0.1, 0.15) is 12.2 Å². The second-order valence-electron chi connectivity index (χ2n) is 4.09. The Morgan fingerprint density at radius 1 is 1.21 bits per heavy atom. The van der Waals surface area contributed by atoms with Crippen molar-refractivity contribution in [3.63, 3.8) is 0 Å². The number of nitrogens with zero attached hydrogens (tertiary/aromatic N) is 1. The standard InChI is InChI=1S/C13H14N2O4/c1-2-19-10-5-3-9(4-6-10)8-15-12(17)7-11(16)14-13(15)18/h3-6H,2,7-8H2,1H3,(H,14,16,18). The summed E-state index contributed by atoms with van der Waals surface area (Å²) >= 11 is 0. The zero-order valence-electron chi connectivity index (χ0n) is 10.5. The normalized spacial score (nSPS) is 15.4. The Bertz CT molecular complexity index is 490. The molecule has 1 aliphatic rings. The number of imide groups is 2. The van der Waals surface area contributed by atoms with Gasteiger partial charge in [0.2, 0.25) is 11.8 Å². The summed E-state index contributed by atoms with van der Waals surface area (Å²) in [6.07, 6.45) is -0.289. The zero-order chi connectivity index (χ0) is 13.8. The summed E-state index contributed by atoms with van der Waals surface area (Å²) < 4.78 is 5.30. The van der Waals surface area contributed by atoms with Gasteiger partial charge >= 0.3 is 6.03 Å². The number of hydrogen-bond acceptors (Lipinski definition) is 4. The lowest BCUT2D eigenvalue weighted by molar-refractivity contribution is -0.136. The Balaban J connectivity index is 2.05. The lowest BCUT2D eigenvalue weighted by atomic mass is 10.2. The van der Waals surface area contributed by atoms with Crippen molar-refractivity contribution in [2.75, 3.05) is 6.61 Å². The molecule has 0 saturated carbocycles. The van der Waals surface area contributed by atoms with Crippen LogP contribution >= 0.6 is 0 Å². The molecular weight excluding hydrogens is 248 g/mol. The van der Waals surface area contributed by atoms with E-state index < -0.39 is 17.8 Å². The number of amides is 4. The first-order valence-corrected chi connectivity index (χ1v) is 5.96. The fraction of sp³-hybridized carbons (Fsp3) is 0.308. The first-order chi connectivity index (χ1) is 9.10. The van der Waals surface area contributed by atoms with Crippen LogP contribution in [0.2, 0.25) is 0 Å². The number of urea groups is 1. The first kappa shape index (κ1) is 13.1. The van der Waals surface area contributed by atoms with Crippen LogP contribution in [-0.4, -0.2) is 29.4 Å². The summed E-state index contributed by atoms with van der Waals surface area (Å²) in [5.41, 5.74) is 0.793. The van der Waals surface area contributed by atoms with Crippen LogP contribution in [0.4, 0.5) is 4.79 Å². The van der Waals surface area contributed by atoms with E-state index in [4.69, 9.17) is 4.74 Å². The number of hydrogen-bond donors (Lipinski definition) is 1. The molecule has 1 heterocycles. The number of nitrogens with one attached hydrogen (secondary N) is 1. The molecule has 100 valence electrons. The number of carbonyl (C=O) groups is 3. The topological polar surface area (TPSA) is 75.7 Å². The average Bonchev–Trinajstić information content (AvgIpc) is 2.36. The second kappa shape index (κ2) is 5.51. The fourth-order valence-electron chi connectivity index (χ4n) is 1.78. The molecule has 0 atom stereocenters. The van der Waals surface area contributed by atoms with Gasteiger partial charge in [-0.1, -0.05) is 12.1 Å². The molecule has 1 aromatic rings. The Kier molecular flexibility index (Phi) is 3.79. The molecule has 6 nitrogen and oxygen atoms in total. The molecule has 1 aliphatic heterocycles. The largest absolute Gasteiger partial charge is 0.494 e. The third-order valence-corrected chi connectivity index (χ3v) is 2.68. The molecule has 6 heteroatoms. The summed E-state index contributed by atoms with van der Waals surface area (Å²) in [5, 5.41) is 2.11. The van der Waals surface area contributed by atoms with Gasteiger partial charge in [0.15, 0.2) is 0 Å². The SMILES string of the molecule is CCOc1ccc(CN2C(=O)CC(=O)NC2=O)cc1. The molecule has 0 spiro atoms. The van der Waals surface area contributed by atoms with Crippen molar-refractivity contribution in [3.05, 3.63) is 29.8 Å². The minimum Gasteiger partial charge on any atom is -0.494 e. The summed E-state index contributed by atoms with van der Waals surface area (Å²) in [6.45, 7) is 2.61. The van der Waals surface area contributed by atoms with Gasteiger partial charge < -0.3 is 4.74 Å². The maximum Gasteiger partial charge on any atom is 0.331 e. The fourth-order valence-corrected chi connectivity index (χ4v) is 1.78. The highest BCUT2D eigenvalue weighted by Crippen LogP contribution is 2.15. The second-order valence-corrected chi connectivity index (χ2v) is 4.09. The third kappa shape index (κ3) is 3.09. The lowest BCUT2D eigenvalue weighted by Gasteiger charge is -2.24. The van der Waals surface area contributed by atoms with Crippen molar-refractivity contribution in [1.29, 1.82) is 0 Å². The molecule has 4 amide bonds. The predicted octanol–water partition coefficient (Wildman–Crippen LogP) is 1.05. The molecule has 0 unspecified atom stereocenters. The quantitative estimate of drug-likeness (QED) is 0.823. The van der Waals surface area contributed by atoms with Gasteiger partial charge in [-0.3, -0.25) is 19.8 Å². The molecule has 1 N–H and O–H groups in total. The molecular formula is C13H14N2O4. The van der Waals surface area contributed by atoms with Crippen LogP contribution < -0.4 is 10.1 Å². The summed E-state index contributed by atoms with van der Waals surface area (Å²) in [5.74, 6) is -0.309. The lowest BCUT2D eigenvalue weighted by Crippen LogP contribution is -2.52. The van der Waals surface area contributed by atoms with Crippen LogP contribution in [0.5, 0.6) is 5.75 Å². The first-order valence-electron chi connectivity index (χ1n) is 5.96. The molecule has 1 saturated heterocycles. The van der Waals surface area contributed by atoms with Crippen molar-refractivity contribution in [2.24, 2.45) is 0 Å². The highest BCUT2D eigenvalue weighted by atomic mass is 16.5. The number of carbonyl (C=O) groups excluding carboxylic acids is 3. The average molecular weight is 262 g/mol. The van der Waals surface area contributed by atoms with E-state index in [0.29, 0.717) is 6.61 Å². The molecule has 0 aromatic heterocycles. The third-order valence-electron chi connectivity index (χ3n) is 2.68. The maximum atomic E-state index is 11.6. The van der Waals surface area contributed by atoms with Crippen molar-refractivity contribution < 1.29 is 19.1 Å². The van der Waals surface area contributed by atoms with E-state index in [9.17, 15) is 14.4 Å². The predicted molar refractivity (Wildman–Crippen MR) is 66.3 cm³/mol. The Morgan fingerprint density at radius 2 is 1.89 bits per heavy atom. The maximum absolute atomic E-state index is 11.6. The highest BCUT2D eigenvalue weighted by Gasteiger charge is 2.30. The summed E-state index contributed by atoms with van der Waals surface area (Å²) in [4.78, 5) is 35.2. The summed E-state index contributed by atoms with van der Waals surface area (Å²) in [6, 6.07) is 6.44. The van der Waals surface area contributed by atoms with E-state index >= 15 is 0 Å². The van der Waals surface area contributed by atoms with Crippen LogP contribution in [0.1, 0.15) is 18.9 Å². The molecule has 0 aliphatic carbocycles. The Hall–Kier alpha value is -2.37. The number of benzene rings is 1. The van der Waals surface area contributed by atoms with E-state index in [-0.39, 0.29) is 13.0 Å². The van der Waals surface area contributed by atoms with Crippen LogP contribution in [0, 0.1) is 0 Å². The molecule has 2 rings (SSSR count). The zero-order valence-corrected chi connectivity index (χ0v) is 10.5. The number of ether oxygens (including phenoxy) is 1. The van der Waals surface area contributed by atoms with Crippen LogP contribution in [0.25, 0.3) is 0 Å². The Morgan fingerprint density at radius 3 is 2.47 bits per heavy atom. The minimum atomic E-state index is -0.671. The van der Waals surface area contributed by atoms with Crippen LogP contribution in [-0.2, 0) is 16.1 Å². The smallest absolute Gasteiger partial charge is 0.331 e. The molecule has 0 bridgehead atoms. The number of rotatable bonds is 4. The van der Waals surface area contributed by atoms with Gasteiger partial charge in [-0.15, -0.1) is 0 Å². The minimum absolute atomic E-state index is 0.143. The van der Waals surface area contributed by atoms with Gasteiger partial charge in [0.25, 0.3) is 0 Å². The molecule has 19 heavy (non-hydrogen) atoms. The highest BCUT2D eigenvalue weighted by molar-refractivity contribution is 6.13. The van der Waals surface area contributed by atoms with Crippen LogP contribution in [0.15, 0.2) is 24.3 Å². The molecule has 1 fully saturated rings. The van der Waals surface area contributed by atoms with E-state index in [2.05, 4.69) is 5.32 Å². The van der Waals surface area contributed by atoms with E-state index in [0.717, 1.165) is 16.2 Å². The molecule has 0 radical (unpaired) electrons. The van der Waals surface area contributed by atoms with E-state index in [1.807, 2.05) is 6.92 Å². The van der Waals surface area contributed by atoms with Gasteiger partial charge in [-0.2, -0.15) is 0 Å². The number of barbiturate groups is 1. The summed E-state index contributed by atoms with van der Waals surface area (Å²) in [7, 11) is 0. The van der Waals surface area contributed by atoms with Crippen molar-refractivity contribution >= 4 is 17.8 Å². The van der Waals surface area contributed by atoms with E-state index in [1.54, 1.807) is 24.3 Å². The monoisotopic (exact) mass is 262 g/mol. The van der Waals surface area contributed by atoms with E-state index in [1.165, 1.54) is 0 Å². The van der Waals surface area contributed by atoms with Crippen LogP contribution in [0.3, 0.4) is 0 Å². The van der Waals surface area contributed by atoms with Gasteiger partial charge in [0.05, 0.1) is 13.2 Å². The van der Waals surface area contributed by atoms with Crippen molar-refractivity contribution in [1.82, 2.24) is 10.2 Å². The van der Waals surface area contributed by atoms with Gasteiger partial charge in [0, 0.05) is 0 Å². The van der Waals surface area contributed by atoms with Gasteiger partial charge in [-0.05, 0) is 24.6 Å². The Labute approximate surface area is 110 Å². The van der Waals surface area contributed by atoms with Crippen molar-refractivity contribution in [2.45, 2.75) is 19.9 Å².